The Balaban J connectivity index is 2.73. The van der Waals surface area contributed by atoms with Gasteiger partial charge in [-0.05, 0) is 23.5 Å². The van der Waals surface area contributed by atoms with Crippen molar-refractivity contribution < 1.29 is 8.42 Å². The van der Waals surface area contributed by atoms with E-state index in [1.165, 1.54) is 5.56 Å². The summed E-state index contributed by atoms with van der Waals surface area (Å²) in [7, 11) is -3.02. The summed E-state index contributed by atoms with van der Waals surface area (Å²) in [5, 5.41) is 0. The Hall–Kier alpha value is -0.870. The first kappa shape index (κ1) is 15.2. The monoisotopic (exact) mass is 269 g/mol. The predicted octanol–water partition coefficient (Wildman–Crippen LogP) is 2.32. The van der Waals surface area contributed by atoms with E-state index in [0.29, 0.717) is 5.92 Å². The smallest absolute Gasteiger partial charge is 0.151 e. The first-order valence-corrected chi connectivity index (χ1v) is 8.21. The summed E-state index contributed by atoms with van der Waals surface area (Å²) in [5.74, 6) is 0.782. The largest absolute Gasteiger partial charge is 0.323 e. The second kappa shape index (κ2) is 6.34. The highest BCUT2D eigenvalue weighted by molar-refractivity contribution is 7.91. The van der Waals surface area contributed by atoms with Crippen LogP contribution in [0.3, 0.4) is 0 Å². The van der Waals surface area contributed by atoms with Gasteiger partial charge < -0.3 is 5.73 Å². The molecule has 1 aromatic rings. The first-order chi connectivity index (χ1) is 8.34. The highest BCUT2D eigenvalue weighted by Gasteiger charge is 2.15. The number of nitrogens with two attached hydrogens (primary N) is 1. The lowest BCUT2D eigenvalue weighted by molar-refractivity contribution is 0.590. The Morgan fingerprint density at radius 3 is 2.17 bits per heavy atom. The molecule has 0 heterocycles. The normalized spacial score (nSPS) is 13.8. The average Bonchev–Trinajstić information content (AvgIpc) is 2.28. The predicted molar refractivity (Wildman–Crippen MR) is 76.2 cm³/mol. The molecule has 1 rings (SSSR count). The molecule has 0 amide bonds. The third kappa shape index (κ3) is 4.78. The van der Waals surface area contributed by atoms with E-state index in [2.05, 4.69) is 13.8 Å². The van der Waals surface area contributed by atoms with Crippen LogP contribution in [0.25, 0.3) is 0 Å². The Bertz CT molecular complexity index is 463. The van der Waals surface area contributed by atoms with Gasteiger partial charge in [0.25, 0.3) is 0 Å². The molecule has 2 N–H and O–H groups in total. The summed E-state index contributed by atoms with van der Waals surface area (Å²) in [6, 6.07) is 7.52. The van der Waals surface area contributed by atoms with Crippen molar-refractivity contribution in [2.75, 3.05) is 11.5 Å². The summed E-state index contributed by atoms with van der Waals surface area (Å²) in [6.45, 7) is 5.99. The maximum atomic E-state index is 11.5. The Kier molecular flexibility index (Phi) is 5.35. The van der Waals surface area contributed by atoms with Crippen molar-refractivity contribution in [1.29, 1.82) is 0 Å². The molecule has 0 aliphatic heterocycles. The number of rotatable bonds is 6. The molecule has 0 aliphatic carbocycles. The molecule has 4 heteroatoms. The molecule has 0 radical (unpaired) electrons. The quantitative estimate of drug-likeness (QED) is 0.862. The van der Waals surface area contributed by atoms with Gasteiger partial charge in [-0.1, -0.05) is 45.0 Å². The van der Waals surface area contributed by atoms with Crippen LogP contribution >= 0.6 is 0 Å². The van der Waals surface area contributed by atoms with Gasteiger partial charge in [-0.3, -0.25) is 0 Å². The topological polar surface area (TPSA) is 60.2 Å². The lowest BCUT2D eigenvalue weighted by Crippen LogP contribution is -2.22. The second-order valence-electron chi connectivity index (χ2n) is 5.14. The van der Waals surface area contributed by atoms with Gasteiger partial charge in [-0.25, -0.2) is 8.42 Å². The minimum Gasteiger partial charge on any atom is -0.323 e. The molecule has 0 saturated carbocycles. The maximum Gasteiger partial charge on any atom is 0.151 e. The van der Waals surface area contributed by atoms with E-state index in [0.717, 1.165) is 12.0 Å². The van der Waals surface area contributed by atoms with Crippen molar-refractivity contribution in [1.82, 2.24) is 0 Å². The number of sulfone groups is 1. The third-order valence-corrected chi connectivity index (χ3v) is 4.67. The fourth-order valence-corrected chi connectivity index (χ4v) is 2.84. The molecule has 0 spiro atoms. The van der Waals surface area contributed by atoms with Crippen LogP contribution in [-0.4, -0.2) is 19.9 Å². The van der Waals surface area contributed by atoms with Crippen molar-refractivity contribution in [3.8, 4) is 0 Å². The summed E-state index contributed by atoms with van der Waals surface area (Å²) < 4.78 is 23.0. The highest BCUT2D eigenvalue weighted by Crippen LogP contribution is 2.16. The van der Waals surface area contributed by atoms with Gasteiger partial charge >= 0.3 is 0 Å². The molecule has 1 aromatic carbocycles. The Morgan fingerprint density at radius 2 is 1.72 bits per heavy atom. The van der Waals surface area contributed by atoms with Gasteiger partial charge in [0.1, 0.15) is 0 Å². The third-order valence-electron chi connectivity index (χ3n) is 2.93. The van der Waals surface area contributed by atoms with Gasteiger partial charge in [-0.2, -0.15) is 0 Å². The number of hydrogen-bond acceptors (Lipinski definition) is 3. The summed E-state index contributed by atoms with van der Waals surface area (Å²) in [4.78, 5) is 0. The van der Waals surface area contributed by atoms with Crippen LogP contribution in [-0.2, 0) is 16.3 Å². The van der Waals surface area contributed by atoms with Gasteiger partial charge in [0.2, 0.25) is 0 Å². The van der Waals surface area contributed by atoms with Crippen LogP contribution in [0.5, 0.6) is 0 Å². The first-order valence-electron chi connectivity index (χ1n) is 6.39. The Labute approximate surface area is 110 Å². The minimum atomic E-state index is -3.02. The molecule has 0 saturated heterocycles. The summed E-state index contributed by atoms with van der Waals surface area (Å²) in [5.41, 5.74) is 8.08. The van der Waals surface area contributed by atoms with Crippen LogP contribution in [0, 0.1) is 5.92 Å². The van der Waals surface area contributed by atoms with Crippen molar-refractivity contribution in [2.45, 2.75) is 33.2 Å². The molecule has 3 nitrogen and oxygen atoms in total. The fourth-order valence-electron chi connectivity index (χ4n) is 1.86. The molecular formula is C14H23NO2S. The minimum absolute atomic E-state index is 0.0209. The summed E-state index contributed by atoms with van der Waals surface area (Å²) >= 11 is 0. The second-order valence-corrected chi connectivity index (χ2v) is 7.54. The van der Waals surface area contributed by atoms with E-state index < -0.39 is 15.9 Å². The average molecular weight is 269 g/mol. The molecule has 18 heavy (non-hydrogen) atoms. The van der Waals surface area contributed by atoms with Crippen LogP contribution in [0.1, 0.15) is 37.9 Å². The summed E-state index contributed by atoms with van der Waals surface area (Å²) in [6.07, 6.45) is 1.03. The van der Waals surface area contributed by atoms with E-state index in [1.807, 2.05) is 24.3 Å². The van der Waals surface area contributed by atoms with Crippen LogP contribution < -0.4 is 5.73 Å². The number of hydrogen-bond donors (Lipinski definition) is 1. The van der Waals surface area contributed by atoms with Crippen LogP contribution in [0.2, 0.25) is 0 Å². The molecule has 1 unspecified atom stereocenters. The van der Waals surface area contributed by atoms with Gasteiger partial charge in [0.15, 0.2) is 9.84 Å². The van der Waals surface area contributed by atoms with Crippen molar-refractivity contribution >= 4 is 9.84 Å². The van der Waals surface area contributed by atoms with Gasteiger partial charge in [0.05, 0.1) is 5.75 Å². The fraction of sp³-hybridized carbons (Fsp3) is 0.571. The van der Waals surface area contributed by atoms with Crippen LogP contribution in [0.15, 0.2) is 24.3 Å². The van der Waals surface area contributed by atoms with Gasteiger partial charge in [0, 0.05) is 11.8 Å². The standard InChI is InChI=1S/C14H23NO2S/c1-4-18(16,17)10-14(15)13-7-5-12(6-8-13)9-11(2)3/h5-8,11,14H,4,9-10,15H2,1-3H3. The van der Waals surface area contributed by atoms with E-state index in [9.17, 15) is 8.42 Å². The zero-order valence-corrected chi connectivity index (χ0v) is 12.2. The highest BCUT2D eigenvalue weighted by atomic mass is 32.2. The lowest BCUT2D eigenvalue weighted by atomic mass is 10.0. The van der Waals surface area contributed by atoms with Crippen molar-refractivity contribution in [3.05, 3.63) is 35.4 Å². The molecule has 0 aliphatic rings. The van der Waals surface area contributed by atoms with E-state index >= 15 is 0 Å². The Morgan fingerprint density at radius 1 is 1.17 bits per heavy atom. The molecule has 0 aromatic heterocycles. The van der Waals surface area contributed by atoms with E-state index in [4.69, 9.17) is 5.73 Å². The van der Waals surface area contributed by atoms with Crippen molar-refractivity contribution in [2.24, 2.45) is 11.7 Å². The van der Waals surface area contributed by atoms with E-state index in [1.54, 1.807) is 6.92 Å². The van der Waals surface area contributed by atoms with Gasteiger partial charge in [-0.15, -0.1) is 0 Å². The molecular weight excluding hydrogens is 246 g/mol. The van der Waals surface area contributed by atoms with Crippen molar-refractivity contribution in [3.63, 3.8) is 0 Å². The zero-order chi connectivity index (χ0) is 13.8. The maximum absolute atomic E-state index is 11.5. The van der Waals surface area contributed by atoms with E-state index in [-0.39, 0.29) is 11.5 Å². The zero-order valence-electron chi connectivity index (χ0n) is 11.4. The lowest BCUT2D eigenvalue weighted by Gasteiger charge is -2.13. The SMILES string of the molecule is CCS(=O)(=O)CC(N)c1ccc(CC(C)C)cc1. The number of benzene rings is 1. The molecule has 0 fully saturated rings. The van der Waals surface area contributed by atoms with Crippen LogP contribution in [0.4, 0.5) is 0 Å². The molecule has 1 atom stereocenters. The molecule has 102 valence electrons. The molecule has 0 bridgehead atoms.